The number of aryl methyl sites for hydroxylation is 1. The van der Waals surface area contributed by atoms with Gasteiger partial charge >= 0.3 is 0 Å². The number of rotatable bonds is 21. The van der Waals surface area contributed by atoms with Gasteiger partial charge in [-0.1, -0.05) is 175 Å². The molecule has 0 radical (unpaired) electrons. The van der Waals surface area contributed by atoms with Crippen LogP contribution in [0.2, 0.25) is 5.04 Å². The topological polar surface area (TPSA) is 135 Å². The number of aliphatic hydroxyl groups is 2. The lowest BCUT2D eigenvalue weighted by Crippen LogP contribution is -2.67. The highest BCUT2D eigenvalue weighted by atomic mass is 32.2. The second-order valence-electron chi connectivity index (χ2n) is 19.1. The standard InChI is InChI=1S/C52H71NO8SSi/c1-10-37(2)31-40(5)33-41(6)32-39(4)21-15-11-12-20-26-48(55)53-42(36-59-63(51(7,8)9,44-22-16-13-17-23-44)45-24-18-14-19-25-45)35-52(56)47(54)34-46(49-50(52)60-49)61-62(57,58)43-29-27-38(3)28-30-43/h11-31,37,39,41-42,46-47,49-50,54,56H,10,32-36H2,1-9H3,(H,53,55)/b12-11+,21-15+,26-20+,40-31+/t37-,39+,41+,42+,46-,47+,49-,50-,52-/m1/s1. The second-order valence-corrected chi connectivity index (χ2v) is 25.0. The van der Waals surface area contributed by atoms with Crippen molar-refractivity contribution in [1.82, 2.24) is 5.32 Å². The van der Waals surface area contributed by atoms with Crippen molar-refractivity contribution in [2.45, 2.75) is 140 Å². The summed E-state index contributed by atoms with van der Waals surface area (Å²) in [5, 5.41) is 28.7. The lowest BCUT2D eigenvalue weighted by Gasteiger charge is -2.44. The maximum absolute atomic E-state index is 13.7. The number of nitrogens with one attached hydrogen (secondary N) is 1. The lowest BCUT2D eigenvalue weighted by atomic mass is 9.77. The van der Waals surface area contributed by atoms with E-state index in [1.54, 1.807) is 18.2 Å². The van der Waals surface area contributed by atoms with Crippen molar-refractivity contribution in [3.63, 3.8) is 0 Å². The molecule has 11 heteroatoms. The Bertz CT molecular complexity index is 2120. The molecule has 342 valence electrons. The minimum Gasteiger partial charge on any atom is -0.405 e. The highest BCUT2D eigenvalue weighted by molar-refractivity contribution is 7.86. The van der Waals surface area contributed by atoms with E-state index in [9.17, 15) is 23.4 Å². The molecule has 1 aliphatic heterocycles. The lowest BCUT2D eigenvalue weighted by molar-refractivity contribution is -0.127. The largest absolute Gasteiger partial charge is 0.405 e. The van der Waals surface area contributed by atoms with Gasteiger partial charge in [0.1, 0.15) is 23.9 Å². The highest BCUT2D eigenvalue weighted by Gasteiger charge is 2.66. The number of hydrogen-bond donors (Lipinski definition) is 3. The summed E-state index contributed by atoms with van der Waals surface area (Å²) < 4.78 is 45.2. The van der Waals surface area contributed by atoms with Gasteiger partial charge in [-0.05, 0) is 72.0 Å². The quantitative estimate of drug-likeness (QED) is 0.0242. The van der Waals surface area contributed by atoms with Crippen LogP contribution < -0.4 is 15.7 Å². The van der Waals surface area contributed by atoms with E-state index < -0.39 is 60.4 Å². The molecule has 1 saturated carbocycles. The minimum absolute atomic E-state index is 0.00171. The van der Waals surface area contributed by atoms with E-state index in [1.165, 1.54) is 23.8 Å². The zero-order valence-electron chi connectivity index (χ0n) is 38.7. The number of aliphatic hydroxyl groups excluding tert-OH is 1. The van der Waals surface area contributed by atoms with Crippen LogP contribution in [0.15, 0.2) is 138 Å². The number of carbonyl (C=O) groups is 1. The molecule has 1 saturated heterocycles. The molecule has 2 aliphatic rings. The molecule has 3 aromatic carbocycles. The van der Waals surface area contributed by atoms with E-state index in [4.69, 9.17) is 13.3 Å². The Balaban J connectivity index is 1.33. The van der Waals surface area contributed by atoms with Crippen molar-refractivity contribution in [2.24, 2.45) is 17.8 Å². The van der Waals surface area contributed by atoms with Crippen LogP contribution in [-0.2, 0) is 28.3 Å². The highest BCUT2D eigenvalue weighted by Crippen LogP contribution is 2.48. The van der Waals surface area contributed by atoms with Gasteiger partial charge in [-0.25, -0.2) is 0 Å². The summed E-state index contributed by atoms with van der Waals surface area (Å²) >= 11 is 0. The molecule has 1 heterocycles. The van der Waals surface area contributed by atoms with Crippen LogP contribution in [0.1, 0.15) is 93.1 Å². The van der Waals surface area contributed by atoms with Crippen LogP contribution in [-0.4, -0.2) is 75.5 Å². The zero-order chi connectivity index (χ0) is 46.0. The SMILES string of the molecule is CC[C@@H](C)/C=C(\C)C[C@@H](C)C[C@@H](C)/C=C/C=C/C=C/C(=O)N[C@H](CO[Si](c1ccccc1)(c1ccccc1)C(C)(C)C)C[C@]1(O)[C@@H]2O[C@@H]2[C@H](OS(=O)(=O)c2ccc(C)cc2)C[C@@H]1O. The average Bonchev–Trinajstić information content (AvgIpc) is 4.04. The predicted octanol–water partition coefficient (Wildman–Crippen LogP) is 8.50. The number of carbonyl (C=O) groups excluding carboxylic acids is 1. The molecule has 1 amide bonds. The van der Waals surface area contributed by atoms with Crippen molar-refractivity contribution >= 4 is 34.7 Å². The maximum atomic E-state index is 13.7. The normalized spacial score (nSPS) is 24.0. The fraction of sp³-hybridized carbons (Fsp3) is 0.481. The Labute approximate surface area is 378 Å². The molecule has 3 aromatic rings. The van der Waals surface area contributed by atoms with Gasteiger partial charge in [0.25, 0.3) is 18.4 Å². The number of benzene rings is 3. The van der Waals surface area contributed by atoms with Gasteiger partial charge in [0.05, 0.1) is 23.6 Å². The first-order valence-corrected chi connectivity index (χ1v) is 25.9. The molecule has 9 atom stereocenters. The molecule has 2 fully saturated rings. The summed E-state index contributed by atoms with van der Waals surface area (Å²) in [6.07, 6.45) is 12.3. The Hall–Kier alpha value is -3.94. The third-order valence-corrected chi connectivity index (χ3v) is 18.8. The molecule has 1 aliphatic carbocycles. The van der Waals surface area contributed by atoms with Gasteiger partial charge in [-0.3, -0.25) is 8.98 Å². The molecule has 0 bridgehead atoms. The fourth-order valence-corrected chi connectivity index (χ4v) is 14.9. The van der Waals surface area contributed by atoms with Gasteiger partial charge in [-0.15, -0.1) is 0 Å². The Morgan fingerprint density at radius 3 is 2.13 bits per heavy atom. The predicted molar refractivity (Wildman–Crippen MR) is 256 cm³/mol. The van der Waals surface area contributed by atoms with Crippen molar-refractivity contribution in [1.29, 1.82) is 0 Å². The Morgan fingerprint density at radius 1 is 0.937 bits per heavy atom. The van der Waals surface area contributed by atoms with Gasteiger partial charge in [-0.2, -0.15) is 8.42 Å². The van der Waals surface area contributed by atoms with Gasteiger partial charge in [0.15, 0.2) is 0 Å². The van der Waals surface area contributed by atoms with Crippen LogP contribution in [0.3, 0.4) is 0 Å². The maximum Gasteiger partial charge on any atom is 0.297 e. The number of ether oxygens (including phenoxy) is 1. The first-order valence-electron chi connectivity index (χ1n) is 22.6. The van der Waals surface area contributed by atoms with Crippen LogP contribution in [0.5, 0.6) is 0 Å². The first kappa shape index (κ1) is 50.1. The number of amides is 1. The van der Waals surface area contributed by atoms with Crippen molar-refractivity contribution in [3.8, 4) is 0 Å². The molecule has 0 spiro atoms. The number of epoxide rings is 1. The molecule has 9 nitrogen and oxygen atoms in total. The van der Waals surface area contributed by atoms with E-state index in [2.05, 4.69) is 97.1 Å². The van der Waals surface area contributed by atoms with E-state index in [0.717, 1.165) is 35.2 Å². The second kappa shape index (κ2) is 21.8. The monoisotopic (exact) mass is 897 g/mol. The average molecular weight is 898 g/mol. The van der Waals surface area contributed by atoms with Crippen molar-refractivity contribution < 1.29 is 36.8 Å². The van der Waals surface area contributed by atoms with E-state index in [1.807, 2.05) is 61.5 Å². The van der Waals surface area contributed by atoms with E-state index >= 15 is 0 Å². The van der Waals surface area contributed by atoms with Crippen LogP contribution in [0, 0.1) is 24.7 Å². The van der Waals surface area contributed by atoms with Gasteiger partial charge < -0.3 is 24.7 Å². The number of fused-ring (bicyclic) bond motifs is 1. The number of allylic oxidation sites excluding steroid dienone is 7. The summed E-state index contributed by atoms with van der Waals surface area (Å²) in [6.45, 7) is 19.6. The van der Waals surface area contributed by atoms with Gasteiger partial charge in [0.2, 0.25) is 5.91 Å². The summed E-state index contributed by atoms with van der Waals surface area (Å²) in [5.74, 6) is 1.19. The molecule has 0 aromatic heterocycles. The minimum atomic E-state index is -4.17. The molecule has 63 heavy (non-hydrogen) atoms. The summed E-state index contributed by atoms with van der Waals surface area (Å²) in [5.41, 5.74) is 0.517. The summed E-state index contributed by atoms with van der Waals surface area (Å²) in [7, 11) is -7.25. The van der Waals surface area contributed by atoms with E-state index in [0.29, 0.717) is 17.8 Å². The van der Waals surface area contributed by atoms with Crippen LogP contribution in [0.4, 0.5) is 0 Å². The Morgan fingerprint density at radius 2 is 1.54 bits per heavy atom. The fourth-order valence-electron chi connectivity index (χ4n) is 9.15. The molecule has 5 rings (SSSR count). The van der Waals surface area contributed by atoms with Crippen molar-refractivity contribution in [2.75, 3.05) is 6.61 Å². The van der Waals surface area contributed by atoms with Crippen LogP contribution in [0.25, 0.3) is 0 Å². The third kappa shape index (κ3) is 13.1. The molecule has 0 unspecified atom stereocenters. The smallest absolute Gasteiger partial charge is 0.297 e. The molecule has 3 N–H and O–H groups in total. The summed E-state index contributed by atoms with van der Waals surface area (Å²) in [6, 6.07) is 25.8. The third-order valence-electron chi connectivity index (χ3n) is 12.5. The van der Waals surface area contributed by atoms with Crippen molar-refractivity contribution in [3.05, 3.63) is 139 Å². The summed E-state index contributed by atoms with van der Waals surface area (Å²) in [4.78, 5) is 13.7. The molecular formula is C52H71NO8SSi. The molecular weight excluding hydrogens is 827 g/mol. The first-order chi connectivity index (χ1) is 29.8. The van der Waals surface area contributed by atoms with Gasteiger partial charge in [0, 0.05) is 18.9 Å². The van der Waals surface area contributed by atoms with Crippen LogP contribution >= 0.6 is 0 Å². The Kier molecular flexibility index (Phi) is 17.3. The zero-order valence-corrected chi connectivity index (χ0v) is 40.6. The number of hydrogen-bond acceptors (Lipinski definition) is 8. The van der Waals surface area contributed by atoms with E-state index in [-0.39, 0.29) is 29.4 Å².